The first-order valence-corrected chi connectivity index (χ1v) is 10.9. The van der Waals surface area contributed by atoms with Crippen LogP contribution in [0.1, 0.15) is 44.5 Å². The van der Waals surface area contributed by atoms with Crippen LogP contribution >= 0.6 is 11.3 Å². The third kappa shape index (κ3) is 4.19. The molecule has 0 saturated carbocycles. The molecule has 0 aliphatic carbocycles. The Morgan fingerprint density at radius 1 is 1.03 bits per heavy atom. The van der Waals surface area contributed by atoms with Gasteiger partial charge in [0.05, 0.1) is 16.9 Å². The van der Waals surface area contributed by atoms with Crippen LogP contribution in [-0.4, -0.2) is 15.0 Å². The summed E-state index contributed by atoms with van der Waals surface area (Å²) in [5.74, 6) is 0.0829. The second-order valence-corrected chi connectivity index (χ2v) is 8.05. The average molecular weight is 414 g/mol. The summed E-state index contributed by atoms with van der Waals surface area (Å²) in [6, 6.07) is 10.9. The van der Waals surface area contributed by atoms with Crippen molar-refractivity contribution in [1.82, 2.24) is 14.5 Å². The second kappa shape index (κ2) is 9.22. The molecule has 154 valence electrons. The summed E-state index contributed by atoms with van der Waals surface area (Å²) < 4.78 is 2.57. The molecule has 29 heavy (non-hydrogen) atoms. The number of nitrogens with zero attached hydrogens (tertiary/aromatic N) is 2. The molecule has 2 heterocycles. The van der Waals surface area contributed by atoms with E-state index in [1.165, 1.54) is 9.13 Å². The van der Waals surface area contributed by atoms with Crippen molar-refractivity contribution >= 4 is 28.1 Å². The normalized spacial score (nSPS) is 12.4. The first-order chi connectivity index (χ1) is 14.0. The van der Waals surface area contributed by atoms with Crippen LogP contribution in [0.15, 0.2) is 51.4 Å². The second-order valence-electron chi connectivity index (χ2n) is 7.07. The predicted molar refractivity (Wildman–Crippen MR) is 117 cm³/mol. The number of amides is 1. The van der Waals surface area contributed by atoms with Crippen molar-refractivity contribution in [2.24, 2.45) is 5.92 Å². The standard InChI is InChI=1S/C22H27N3O3S/c1-4-15(5-2)20(18-12-9-13-29-18)23-19(26)14-25-17-11-8-7-10-16(17)21(27)24(6-3)22(25)28/h7-13,15,20H,4-6,14H2,1-3H3,(H,23,26). The van der Waals surface area contributed by atoms with Gasteiger partial charge in [-0.05, 0) is 36.4 Å². The number of aromatic nitrogens is 2. The highest BCUT2D eigenvalue weighted by Crippen LogP contribution is 2.30. The molecule has 3 rings (SSSR count). The summed E-state index contributed by atoms with van der Waals surface area (Å²) in [6.45, 7) is 6.13. The van der Waals surface area contributed by atoms with Gasteiger partial charge in [-0.2, -0.15) is 0 Å². The van der Waals surface area contributed by atoms with Crippen LogP contribution in [0.4, 0.5) is 0 Å². The van der Waals surface area contributed by atoms with Gasteiger partial charge in [-0.15, -0.1) is 11.3 Å². The van der Waals surface area contributed by atoms with Crippen LogP contribution in [0, 0.1) is 5.92 Å². The molecule has 0 spiro atoms. The van der Waals surface area contributed by atoms with Crippen LogP contribution in [0.3, 0.4) is 0 Å². The van der Waals surface area contributed by atoms with Gasteiger partial charge in [0.25, 0.3) is 5.56 Å². The van der Waals surface area contributed by atoms with Gasteiger partial charge in [0.15, 0.2) is 0 Å². The fourth-order valence-electron chi connectivity index (χ4n) is 3.81. The molecule has 0 saturated heterocycles. The molecule has 1 unspecified atom stereocenters. The molecule has 0 radical (unpaired) electrons. The number of rotatable bonds is 8. The molecule has 0 bridgehead atoms. The summed E-state index contributed by atoms with van der Waals surface area (Å²) in [6.07, 6.45) is 1.89. The van der Waals surface area contributed by atoms with Gasteiger partial charge in [-0.3, -0.25) is 18.7 Å². The van der Waals surface area contributed by atoms with E-state index in [-0.39, 0.29) is 30.6 Å². The minimum atomic E-state index is -0.457. The SMILES string of the molecule is CCC(CC)C(NC(=O)Cn1c(=O)n(CC)c(=O)c2ccccc21)c1cccs1. The van der Waals surface area contributed by atoms with Crippen molar-refractivity contribution in [3.8, 4) is 0 Å². The van der Waals surface area contributed by atoms with Gasteiger partial charge in [0.2, 0.25) is 5.91 Å². The van der Waals surface area contributed by atoms with Crippen LogP contribution in [0.5, 0.6) is 0 Å². The van der Waals surface area contributed by atoms with Crippen molar-refractivity contribution in [2.75, 3.05) is 0 Å². The van der Waals surface area contributed by atoms with Crippen molar-refractivity contribution in [3.05, 3.63) is 67.5 Å². The number of hydrogen-bond acceptors (Lipinski definition) is 4. The van der Waals surface area contributed by atoms with Gasteiger partial charge < -0.3 is 5.32 Å². The number of para-hydroxylation sites is 1. The van der Waals surface area contributed by atoms with Gasteiger partial charge in [-0.25, -0.2) is 4.79 Å². The maximum Gasteiger partial charge on any atom is 0.331 e. The van der Waals surface area contributed by atoms with E-state index in [0.29, 0.717) is 16.8 Å². The molecule has 0 aliphatic rings. The fraction of sp³-hybridized carbons (Fsp3) is 0.409. The molecule has 0 fully saturated rings. The quantitative estimate of drug-likeness (QED) is 0.614. The Morgan fingerprint density at radius 3 is 2.38 bits per heavy atom. The fourth-order valence-corrected chi connectivity index (χ4v) is 4.68. The van der Waals surface area contributed by atoms with Gasteiger partial charge in [0.1, 0.15) is 6.54 Å². The van der Waals surface area contributed by atoms with Gasteiger partial charge >= 0.3 is 5.69 Å². The van der Waals surface area contributed by atoms with E-state index in [4.69, 9.17) is 0 Å². The van der Waals surface area contributed by atoms with E-state index in [2.05, 4.69) is 19.2 Å². The summed E-state index contributed by atoms with van der Waals surface area (Å²) in [4.78, 5) is 39.5. The van der Waals surface area contributed by atoms with Crippen molar-refractivity contribution in [1.29, 1.82) is 0 Å². The Hall–Kier alpha value is -2.67. The zero-order valence-electron chi connectivity index (χ0n) is 17.1. The lowest BCUT2D eigenvalue weighted by molar-refractivity contribution is -0.122. The van der Waals surface area contributed by atoms with Crippen LogP contribution in [-0.2, 0) is 17.9 Å². The first kappa shape index (κ1) is 21.0. The summed E-state index contributed by atoms with van der Waals surface area (Å²) >= 11 is 1.62. The number of benzene rings is 1. The maximum atomic E-state index is 13.0. The number of fused-ring (bicyclic) bond motifs is 1. The van der Waals surface area contributed by atoms with E-state index in [1.807, 2.05) is 17.5 Å². The number of carbonyl (C=O) groups excluding carboxylic acids is 1. The molecule has 1 atom stereocenters. The molecule has 0 aliphatic heterocycles. The van der Waals surface area contributed by atoms with Crippen LogP contribution in [0.25, 0.3) is 10.9 Å². The molecular formula is C22H27N3O3S. The van der Waals surface area contributed by atoms with Gasteiger partial charge in [-0.1, -0.05) is 44.9 Å². The molecule has 7 heteroatoms. The number of hydrogen-bond donors (Lipinski definition) is 1. The minimum Gasteiger partial charge on any atom is -0.347 e. The highest BCUT2D eigenvalue weighted by atomic mass is 32.1. The highest BCUT2D eigenvalue weighted by molar-refractivity contribution is 7.10. The Morgan fingerprint density at radius 2 is 1.76 bits per heavy atom. The average Bonchev–Trinajstić information content (AvgIpc) is 3.26. The third-order valence-electron chi connectivity index (χ3n) is 5.44. The minimum absolute atomic E-state index is 0.0865. The topological polar surface area (TPSA) is 73.1 Å². The van der Waals surface area contributed by atoms with E-state index < -0.39 is 5.69 Å². The molecule has 1 aromatic carbocycles. The molecular weight excluding hydrogens is 386 g/mol. The van der Waals surface area contributed by atoms with E-state index in [1.54, 1.807) is 42.5 Å². The van der Waals surface area contributed by atoms with Gasteiger partial charge in [0, 0.05) is 11.4 Å². The van der Waals surface area contributed by atoms with E-state index in [0.717, 1.165) is 17.7 Å². The monoisotopic (exact) mass is 413 g/mol. The predicted octanol–water partition coefficient (Wildman–Crippen LogP) is 3.54. The Bertz CT molecular complexity index is 1090. The summed E-state index contributed by atoms with van der Waals surface area (Å²) in [7, 11) is 0. The van der Waals surface area contributed by atoms with Crippen molar-refractivity contribution in [2.45, 2.75) is 52.7 Å². The first-order valence-electron chi connectivity index (χ1n) is 10.1. The molecule has 3 aromatic rings. The molecule has 6 nitrogen and oxygen atoms in total. The maximum absolute atomic E-state index is 13.0. The zero-order valence-corrected chi connectivity index (χ0v) is 17.9. The molecule has 2 aromatic heterocycles. The molecule has 1 amide bonds. The van der Waals surface area contributed by atoms with Crippen LogP contribution in [0.2, 0.25) is 0 Å². The molecule has 1 N–H and O–H groups in total. The highest BCUT2D eigenvalue weighted by Gasteiger charge is 2.24. The van der Waals surface area contributed by atoms with Crippen LogP contribution < -0.4 is 16.6 Å². The Labute approximate surface area is 173 Å². The summed E-state index contributed by atoms with van der Waals surface area (Å²) in [5, 5.41) is 5.59. The zero-order chi connectivity index (χ0) is 21.0. The van der Waals surface area contributed by atoms with Crippen molar-refractivity contribution < 1.29 is 4.79 Å². The van der Waals surface area contributed by atoms with E-state index in [9.17, 15) is 14.4 Å². The van der Waals surface area contributed by atoms with Crippen molar-refractivity contribution in [3.63, 3.8) is 0 Å². The lowest BCUT2D eigenvalue weighted by Crippen LogP contribution is -2.43. The summed E-state index contributed by atoms with van der Waals surface area (Å²) in [5.41, 5.74) is -0.294. The lowest BCUT2D eigenvalue weighted by Gasteiger charge is -2.26. The third-order valence-corrected chi connectivity index (χ3v) is 6.39. The number of thiophene rings is 1. The Balaban J connectivity index is 1.97. The Kier molecular flexibility index (Phi) is 6.69. The smallest absolute Gasteiger partial charge is 0.331 e. The lowest BCUT2D eigenvalue weighted by atomic mass is 9.93. The largest absolute Gasteiger partial charge is 0.347 e. The number of carbonyl (C=O) groups is 1. The van der Waals surface area contributed by atoms with E-state index >= 15 is 0 Å². The number of nitrogens with one attached hydrogen (secondary N) is 1.